The number of carbonyl (C=O) groups excluding carboxylic acids is 1. The Morgan fingerprint density at radius 1 is 1.75 bits per heavy atom. The van der Waals surface area contributed by atoms with E-state index in [2.05, 4.69) is 5.32 Å². The van der Waals surface area contributed by atoms with Crippen molar-refractivity contribution in [3.8, 4) is 6.07 Å². The zero-order chi connectivity index (χ0) is 8.81. The van der Waals surface area contributed by atoms with Crippen LogP contribution in [-0.4, -0.2) is 23.5 Å². The van der Waals surface area contributed by atoms with Crippen molar-refractivity contribution < 1.29 is 4.79 Å². The van der Waals surface area contributed by atoms with E-state index in [-0.39, 0.29) is 11.2 Å². The summed E-state index contributed by atoms with van der Waals surface area (Å²) in [7, 11) is 0. The summed E-state index contributed by atoms with van der Waals surface area (Å²) in [4.78, 5) is 11.3. The highest BCUT2D eigenvalue weighted by Gasteiger charge is 2.22. The summed E-state index contributed by atoms with van der Waals surface area (Å²) in [5.74, 6) is 1.20. The fraction of sp³-hybridized carbons (Fsp3) is 0.750. The highest BCUT2D eigenvalue weighted by molar-refractivity contribution is 8.00. The van der Waals surface area contributed by atoms with E-state index in [1.165, 1.54) is 0 Å². The molecular weight excluding hydrogens is 172 g/mol. The van der Waals surface area contributed by atoms with Gasteiger partial charge in [0.15, 0.2) is 0 Å². The molecule has 0 bridgehead atoms. The summed E-state index contributed by atoms with van der Waals surface area (Å²) in [6, 6.07) is 1.99. The van der Waals surface area contributed by atoms with Gasteiger partial charge in [-0.25, -0.2) is 0 Å². The van der Waals surface area contributed by atoms with E-state index in [4.69, 9.17) is 5.26 Å². The van der Waals surface area contributed by atoms with Crippen molar-refractivity contribution in [3.63, 3.8) is 0 Å². The Bertz CT molecular complexity index is 194. The Morgan fingerprint density at radius 2 is 2.58 bits per heavy atom. The highest BCUT2D eigenvalue weighted by atomic mass is 32.2. The van der Waals surface area contributed by atoms with Crippen LogP contribution in [0.5, 0.6) is 0 Å². The van der Waals surface area contributed by atoms with Crippen molar-refractivity contribution in [3.05, 3.63) is 0 Å². The number of nitrogens with zero attached hydrogens (tertiary/aromatic N) is 1. The molecule has 1 amide bonds. The third kappa shape index (κ3) is 2.74. The largest absolute Gasteiger partial charge is 0.354 e. The molecule has 1 heterocycles. The first-order valence-corrected chi connectivity index (χ1v) is 5.15. The lowest BCUT2D eigenvalue weighted by atomic mass is 10.2. The van der Waals surface area contributed by atoms with Gasteiger partial charge in [0.05, 0.1) is 17.7 Å². The quantitative estimate of drug-likeness (QED) is 0.663. The fourth-order valence-electron chi connectivity index (χ4n) is 1.14. The molecule has 1 rings (SSSR count). The van der Waals surface area contributed by atoms with Gasteiger partial charge in [-0.3, -0.25) is 4.79 Å². The summed E-state index contributed by atoms with van der Waals surface area (Å²) in [5.41, 5.74) is 0. The van der Waals surface area contributed by atoms with Crippen molar-refractivity contribution in [2.75, 3.05) is 12.3 Å². The Balaban J connectivity index is 2.15. The molecule has 1 fully saturated rings. The maximum Gasteiger partial charge on any atom is 0.233 e. The minimum Gasteiger partial charge on any atom is -0.354 e. The zero-order valence-electron chi connectivity index (χ0n) is 6.88. The van der Waals surface area contributed by atoms with Crippen LogP contribution in [0.3, 0.4) is 0 Å². The second kappa shape index (κ2) is 5.04. The van der Waals surface area contributed by atoms with Gasteiger partial charge in [-0.05, 0) is 18.6 Å². The maximum absolute atomic E-state index is 11.3. The predicted molar refractivity (Wildman–Crippen MR) is 48.7 cm³/mol. The number of thioether (sulfide) groups is 1. The molecule has 3 nitrogen and oxygen atoms in total. The lowest BCUT2D eigenvalue weighted by molar-refractivity contribution is -0.120. The first-order valence-electron chi connectivity index (χ1n) is 4.11. The third-order valence-electron chi connectivity index (χ3n) is 1.76. The first kappa shape index (κ1) is 9.40. The Labute approximate surface area is 76.5 Å². The lowest BCUT2D eigenvalue weighted by Gasteiger charge is -2.07. The van der Waals surface area contributed by atoms with Crippen molar-refractivity contribution in [1.29, 1.82) is 5.26 Å². The van der Waals surface area contributed by atoms with Crippen molar-refractivity contribution in [2.45, 2.75) is 24.5 Å². The number of amides is 1. The normalized spacial score (nSPS) is 21.8. The molecule has 12 heavy (non-hydrogen) atoms. The van der Waals surface area contributed by atoms with Crippen LogP contribution in [0, 0.1) is 11.3 Å². The summed E-state index contributed by atoms with van der Waals surface area (Å²) in [5, 5.41) is 11.1. The molecule has 0 saturated carbocycles. The lowest BCUT2D eigenvalue weighted by Crippen LogP contribution is -2.31. The molecule has 0 aromatic rings. The third-order valence-corrected chi connectivity index (χ3v) is 3.13. The van der Waals surface area contributed by atoms with Crippen LogP contribution in [0.2, 0.25) is 0 Å². The number of rotatable bonds is 3. The first-order chi connectivity index (χ1) is 5.84. The molecule has 1 atom stereocenters. The van der Waals surface area contributed by atoms with Crippen molar-refractivity contribution in [2.24, 2.45) is 0 Å². The molecule has 0 aliphatic carbocycles. The number of hydrogen-bond acceptors (Lipinski definition) is 3. The molecule has 1 aliphatic heterocycles. The van der Waals surface area contributed by atoms with Gasteiger partial charge < -0.3 is 5.32 Å². The van der Waals surface area contributed by atoms with Crippen LogP contribution in [-0.2, 0) is 4.79 Å². The fourth-order valence-corrected chi connectivity index (χ4v) is 2.33. The molecule has 1 unspecified atom stereocenters. The van der Waals surface area contributed by atoms with Gasteiger partial charge in [-0.2, -0.15) is 5.26 Å². The molecular formula is C8H12N2OS. The van der Waals surface area contributed by atoms with Gasteiger partial charge in [0, 0.05) is 6.54 Å². The summed E-state index contributed by atoms with van der Waals surface area (Å²) < 4.78 is 0. The van der Waals surface area contributed by atoms with E-state index in [9.17, 15) is 4.79 Å². The van der Waals surface area contributed by atoms with Crippen molar-refractivity contribution >= 4 is 17.7 Å². The monoisotopic (exact) mass is 184 g/mol. The molecule has 0 aromatic heterocycles. The van der Waals surface area contributed by atoms with E-state index in [1.54, 1.807) is 11.8 Å². The van der Waals surface area contributed by atoms with Gasteiger partial charge in [0.1, 0.15) is 0 Å². The summed E-state index contributed by atoms with van der Waals surface area (Å²) in [6.45, 7) is 0.492. The second-order valence-corrected chi connectivity index (χ2v) is 4.01. The average molecular weight is 184 g/mol. The molecule has 66 valence electrons. The van der Waals surface area contributed by atoms with E-state index in [1.807, 2.05) is 6.07 Å². The van der Waals surface area contributed by atoms with Gasteiger partial charge in [0.25, 0.3) is 0 Å². The van der Waals surface area contributed by atoms with Crippen LogP contribution in [0.4, 0.5) is 0 Å². The smallest absolute Gasteiger partial charge is 0.233 e. The van der Waals surface area contributed by atoms with E-state index in [0.717, 1.165) is 18.6 Å². The molecule has 1 N–H and O–H groups in total. The van der Waals surface area contributed by atoms with Crippen LogP contribution < -0.4 is 5.32 Å². The van der Waals surface area contributed by atoms with Crippen molar-refractivity contribution in [1.82, 2.24) is 5.32 Å². The van der Waals surface area contributed by atoms with Gasteiger partial charge >= 0.3 is 0 Å². The topological polar surface area (TPSA) is 52.9 Å². The van der Waals surface area contributed by atoms with Gasteiger partial charge in [-0.15, -0.1) is 11.8 Å². The molecule has 0 spiro atoms. The van der Waals surface area contributed by atoms with E-state index >= 15 is 0 Å². The summed E-state index contributed by atoms with van der Waals surface area (Å²) in [6.07, 6.45) is 2.53. The molecule has 0 aromatic carbocycles. The minimum atomic E-state index is 0.104. The van der Waals surface area contributed by atoms with Crippen LogP contribution in [0.1, 0.15) is 19.3 Å². The Hall–Kier alpha value is -0.690. The average Bonchev–Trinajstić information content (AvgIpc) is 2.56. The predicted octanol–water partition coefficient (Wildman–Crippen LogP) is 0.912. The van der Waals surface area contributed by atoms with E-state index in [0.29, 0.717) is 13.0 Å². The molecule has 0 radical (unpaired) electrons. The standard InChI is InChI=1S/C8H12N2OS/c9-4-2-5-10-8(11)7-3-1-6-12-7/h7H,1-3,5-6H2,(H,10,11). The van der Waals surface area contributed by atoms with Crippen LogP contribution in [0.25, 0.3) is 0 Å². The number of carbonyl (C=O) groups is 1. The maximum atomic E-state index is 11.3. The highest BCUT2D eigenvalue weighted by Crippen LogP contribution is 2.25. The molecule has 4 heteroatoms. The van der Waals surface area contributed by atoms with E-state index < -0.39 is 0 Å². The Kier molecular flexibility index (Phi) is 3.95. The minimum absolute atomic E-state index is 0.104. The van der Waals surface area contributed by atoms with Crippen LogP contribution >= 0.6 is 11.8 Å². The Morgan fingerprint density at radius 3 is 3.17 bits per heavy atom. The SMILES string of the molecule is N#CCCNC(=O)C1CCCS1. The zero-order valence-corrected chi connectivity index (χ0v) is 7.69. The molecule has 1 saturated heterocycles. The van der Waals surface area contributed by atoms with Gasteiger partial charge in [0.2, 0.25) is 5.91 Å². The number of nitriles is 1. The number of hydrogen-bond donors (Lipinski definition) is 1. The summed E-state index contributed by atoms with van der Waals surface area (Å²) >= 11 is 1.71. The number of nitrogens with one attached hydrogen (secondary N) is 1. The van der Waals surface area contributed by atoms with Crippen LogP contribution in [0.15, 0.2) is 0 Å². The van der Waals surface area contributed by atoms with Gasteiger partial charge in [-0.1, -0.05) is 0 Å². The molecule has 1 aliphatic rings. The second-order valence-electron chi connectivity index (χ2n) is 2.70.